The van der Waals surface area contributed by atoms with Gasteiger partial charge in [0.2, 0.25) is 11.0 Å². The molecule has 0 aliphatic carbocycles. The number of halogens is 3. The smallest absolute Gasteiger partial charge is 0.416 e. The molecule has 0 spiro atoms. The average Bonchev–Trinajstić information content (AvgIpc) is 3.21. The van der Waals surface area contributed by atoms with E-state index in [1.54, 1.807) is 35.8 Å². The summed E-state index contributed by atoms with van der Waals surface area (Å²) >= 11 is 1.28. The second kappa shape index (κ2) is 7.17. The van der Waals surface area contributed by atoms with Crippen LogP contribution >= 0.6 is 11.3 Å². The summed E-state index contributed by atoms with van der Waals surface area (Å²) in [6, 6.07) is 10.7. The van der Waals surface area contributed by atoms with E-state index in [2.05, 4.69) is 9.98 Å². The number of aromatic hydroxyl groups is 1. The molecule has 0 saturated heterocycles. The lowest BCUT2D eigenvalue weighted by Gasteiger charge is -2.15. The van der Waals surface area contributed by atoms with Crippen molar-refractivity contribution in [3.63, 3.8) is 0 Å². The number of aromatic nitrogens is 2. The molecule has 9 heteroatoms. The highest BCUT2D eigenvalue weighted by atomic mass is 32.1. The van der Waals surface area contributed by atoms with Crippen LogP contribution in [0.4, 0.5) is 18.3 Å². The maximum atomic E-state index is 13.1. The van der Waals surface area contributed by atoms with Crippen LogP contribution in [0.2, 0.25) is 0 Å². The van der Waals surface area contributed by atoms with Crippen LogP contribution in [0.3, 0.4) is 0 Å². The van der Waals surface area contributed by atoms with Crippen LogP contribution in [-0.2, 0) is 6.18 Å². The van der Waals surface area contributed by atoms with Crippen LogP contribution < -0.4 is 5.56 Å². The fourth-order valence-corrected chi connectivity index (χ4v) is 3.43. The maximum Gasteiger partial charge on any atom is 0.416 e. The summed E-state index contributed by atoms with van der Waals surface area (Å²) in [7, 11) is 0. The van der Waals surface area contributed by atoms with Crippen molar-refractivity contribution >= 4 is 33.5 Å². The number of fused-ring (bicyclic) bond motifs is 1. The zero-order valence-electron chi connectivity index (χ0n) is 14.6. The first-order valence-corrected chi connectivity index (χ1v) is 9.22. The van der Waals surface area contributed by atoms with Gasteiger partial charge in [-0.3, -0.25) is 4.79 Å². The van der Waals surface area contributed by atoms with Crippen molar-refractivity contribution in [2.75, 3.05) is 0 Å². The maximum absolute atomic E-state index is 13.1. The third kappa shape index (κ3) is 3.52. The number of nitrogens with zero attached hydrogens (tertiary/aromatic N) is 3. The third-order valence-electron chi connectivity index (χ3n) is 4.26. The van der Waals surface area contributed by atoms with Gasteiger partial charge in [0.15, 0.2) is 0 Å². The quantitative estimate of drug-likeness (QED) is 0.483. The fraction of sp³-hybridized carbons (Fsp3) is 0.0500. The summed E-state index contributed by atoms with van der Waals surface area (Å²) in [5, 5.41) is 13.7. The van der Waals surface area contributed by atoms with Gasteiger partial charge in [-0.1, -0.05) is 24.3 Å². The normalized spacial score (nSPS) is 12.1. The molecule has 146 valence electrons. The first kappa shape index (κ1) is 18.9. The third-order valence-corrected chi connectivity index (χ3v) is 4.94. The second-order valence-corrected chi connectivity index (χ2v) is 6.92. The number of rotatable bonds is 3. The van der Waals surface area contributed by atoms with Crippen molar-refractivity contribution in [1.82, 2.24) is 9.55 Å². The summed E-state index contributed by atoms with van der Waals surface area (Å²) in [6.07, 6.45) is -1.67. The van der Waals surface area contributed by atoms with Gasteiger partial charge in [-0.05, 0) is 24.3 Å². The number of benzene rings is 2. The van der Waals surface area contributed by atoms with Crippen molar-refractivity contribution in [2.45, 2.75) is 6.18 Å². The molecule has 0 saturated carbocycles. The zero-order valence-corrected chi connectivity index (χ0v) is 15.4. The molecule has 0 radical (unpaired) electrons. The molecule has 0 amide bonds. The molecule has 0 aliphatic rings. The molecule has 1 N–H and O–H groups in total. The average molecular weight is 415 g/mol. The lowest BCUT2D eigenvalue weighted by molar-refractivity contribution is -0.137. The van der Waals surface area contributed by atoms with Crippen molar-refractivity contribution < 1.29 is 18.3 Å². The van der Waals surface area contributed by atoms with Crippen LogP contribution in [0.1, 0.15) is 11.1 Å². The Balaban J connectivity index is 2.00. The number of hydrogen-bond acceptors (Lipinski definition) is 5. The monoisotopic (exact) mass is 415 g/mol. The van der Waals surface area contributed by atoms with Crippen LogP contribution in [0, 0.1) is 0 Å². The predicted molar refractivity (Wildman–Crippen MR) is 106 cm³/mol. The van der Waals surface area contributed by atoms with E-state index in [0.717, 1.165) is 16.7 Å². The summed E-state index contributed by atoms with van der Waals surface area (Å²) in [5.74, 6) is -0.506. The first-order valence-electron chi connectivity index (χ1n) is 8.34. The molecule has 0 aliphatic heterocycles. The van der Waals surface area contributed by atoms with Gasteiger partial charge in [0.05, 0.1) is 16.8 Å². The van der Waals surface area contributed by atoms with Crippen molar-refractivity contribution in [1.29, 1.82) is 0 Å². The number of alkyl halides is 3. The van der Waals surface area contributed by atoms with E-state index >= 15 is 0 Å². The van der Waals surface area contributed by atoms with Gasteiger partial charge < -0.3 is 5.11 Å². The number of aliphatic imine (C=N–C) groups is 1. The number of hydrogen-bond donors (Lipinski definition) is 1. The van der Waals surface area contributed by atoms with Crippen molar-refractivity contribution in [3.8, 4) is 11.6 Å². The lowest BCUT2D eigenvalue weighted by atomic mass is 10.1. The summed E-state index contributed by atoms with van der Waals surface area (Å²) in [6.45, 7) is 0. The Morgan fingerprint density at radius 3 is 2.55 bits per heavy atom. The lowest BCUT2D eigenvalue weighted by Crippen LogP contribution is -2.20. The minimum absolute atomic E-state index is 0.100. The number of thiazole rings is 1. The van der Waals surface area contributed by atoms with Gasteiger partial charge in [0.25, 0.3) is 5.56 Å². The van der Waals surface area contributed by atoms with Crippen LogP contribution in [0.15, 0.2) is 69.9 Å². The Morgan fingerprint density at radius 2 is 1.86 bits per heavy atom. The molecule has 0 fully saturated rings. The SMILES string of the molecule is O=c1c2ccccc2c(C=Nc2nccs2)c(O)n1-c1cccc(C(F)(F)F)c1. The predicted octanol–water partition coefficient (Wildman–Crippen LogP) is 4.92. The molecule has 2 heterocycles. The van der Waals surface area contributed by atoms with E-state index in [-0.39, 0.29) is 16.6 Å². The minimum Gasteiger partial charge on any atom is -0.494 e. The molecule has 29 heavy (non-hydrogen) atoms. The van der Waals surface area contributed by atoms with Gasteiger partial charge in [0.1, 0.15) is 0 Å². The van der Waals surface area contributed by atoms with Gasteiger partial charge >= 0.3 is 6.18 Å². The summed E-state index contributed by atoms with van der Waals surface area (Å²) in [4.78, 5) is 21.2. The van der Waals surface area contributed by atoms with Gasteiger partial charge in [-0.2, -0.15) is 13.2 Å². The Kier molecular flexibility index (Phi) is 4.67. The minimum atomic E-state index is -4.58. The van der Waals surface area contributed by atoms with Crippen LogP contribution in [0.5, 0.6) is 5.88 Å². The highest BCUT2D eigenvalue weighted by Gasteiger charge is 2.31. The first-order chi connectivity index (χ1) is 13.9. The molecule has 2 aromatic heterocycles. The summed E-state index contributed by atoms with van der Waals surface area (Å²) < 4.78 is 40.2. The van der Waals surface area contributed by atoms with Crippen molar-refractivity contribution in [2.24, 2.45) is 4.99 Å². The molecule has 0 unspecified atom stereocenters. The van der Waals surface area contributed by atoms with E-state index in [1.165, 1.54) is 29.7 Å². The van der Waals surface area contributed by atoms with Gasteiger partial charge in [0, 0.05) is 28.6 Å². The van der Waals surface area contributed by atoms with E-state index in [4.69, 9.17) is 0 Å². The van der Waals surface area contributed by atoms with E-state index in [0.29, 0.717) is 10.5 Å². The molecule has 2 aromatic carbocycles. The standard InChI is InChI=1S/C20H12F3N3O2S/c21-20(22,23)12-4-3-5-13(10-12)26-17(27)15-7-2-1-6-14(15)16(18(26)28)11-25-19-24-8-9-29-19/h1-11,28H. The topological polar surface area (TPSA) is 67.5 Å². The van der Waals surface area contributed by atoms with E-state index < -0.39 is 23.2 Å². The Bertz CT molecular complexity index is 1280. The van der Waals surface area contributed by atoms with E-state index in [9.17, 15) is 23.1 Å². The van der Waals surface area contributed by atoms with E-state index in [1.807, 2.05) is 0 Å². The van der Waals surface area contributed by atoms with Gasteiger partial charge in [-0.15, -0.1) is 11.3 Å². The summed E-state index contributed by atoms with van der Waals surface area (Å²) in [5.41, 5.74) is -1.46. The molecule has 5 nitrogen and oxygen atoms in total. The van der Waals surface area contributed by atoms with Crippen LogP contribution in [0.25, 0.3) is 16.5 Å². The highest BCUT2D eigenvalue weighted by Crippen LogP contribution is 2.32. The number of pyridine rings is 1. The molecule has 4 rings (SSSR count). The fourth-order valence-electron chi connectivity index (χ4n) is 2.95. The highest BCUT2D eigenvalue weighted by molar-refractivity contribution is 7.13. The van der Waals surface area contributed by atoms with Gasteiger partial charge in [-0.25, -0.2) is 14.5 Å². The molecular weight excluding hydrogens is 403 g/mol. The molecular formula is C20H12F3N3O2S. The Hall–Kier alpha value is -3.46. The van der Waals surface area contributed by atoms with Crippen LogP contribution in [-0.4, -0.2) is 20.9 Å². The molecule has 0 bridgehead atoms. The molecule has 0 atom stereocenters. The zero-order chi connectivity index (χ0) is 20.6. The Labute approximate surface area is 166 Å². The second-order valence-electron chi connectivity index (χ2n) is 6.04. The Morgan fingerprint density at radius 1 is 1.10 bits per heavy atom. The molecule has 4 aromatic rings. The van der Waals surface area contributed by atoms with Crippen molar-refractivity contribution in [3.05, 3.63) is 81.6 Å². The largest absolute Gasteiger partial charge is 0.494 e.